The number of carbonyl (C=O) groups excluding carboxylic acids is 1. The van der Waals surface area contributed by atoms with Crippen LogP contribution in [0, 0.1) is 0 Å². The van der Waals surface area contributed by atoms with E-state index in [2.05, 4.69) is 45.1 Å². The molecule has 1 aromatic rings. The Morgan fingerprint density at radius 2 is 2.41 bits per heavy atom. The first-order valence-electron chi connectivity index (χ1n) is 5.91. The van der Waals surface area contributed by atoms with E-state index in [1.54, 1.807) is 12.3 Å². The molecule has 94 valence electrons. The summed E-state index contributed by atoms with van der Waals surface area (Å²) in [6, 6.07) is 2.62. The SMILES string of the molecule is CC1CC(NC(=O)c2cc(Br)c[nH]2)CCN1C. The zero-order valence-corrected chi connectivity index (χ0v) is 11.8. The van der Waals surface area contributed by atoms with Gasteiger partial charge in [-0.15, -0.1) is 0 Å². The van der Waals surface area contributed by atoms with Gasteiger partial charge in [-0.25, -0.2) is 0 Å². The molecule has 0 aromatic carbocycles. The Morgan fingerprint density at radius 3 is 3.00 bits per heavy atom. The smallest absolute Gasteiger partial charge is 0.267 e. The number of nitrogens with one attached hydrogen (secondary N) is 2. The summed E-state index contributed by atoms with van der Waals surface area (Å²) in [4.78, 5) is 17.2. The van der Waals surface area contributed by atoms with Crippen molar-refractivity contribution in [2.24, 2.45) is 0 Å². The number of piperidine rings is 1. The molecule has 1 aromatic heterocycles. The van der Waals surface area contributed by atoms with Crippen LogP contribution in [0.25, 0.3) is 0 Å². The summed E-state index contributed by atoms with van der Waals surface area (Å²) in [5.74, 6) is -0.0162. The van der Waals surface area contributed by atoms with Crippen LogP contribution in [0.5, 0.6) is 0 Å². The molecule has 0 saturated carbocycles. The molecule has 1 aliphatic rings. The standard InChI is InChI=1S/C12H18BrN3O/c1-8-5-10(3-4-16(8)2)15-12(17)11-6-9(13)7-14-11/h6-8,10,14H,3-5H2,1-2H3,(H,15,17). The third kappa shape index (κ3) is 3.10. The first-order valence-corrected chi connectivity index (χ1v) is 6.70. The fraction of sp³-hybridized carbons (Fsp3) is 0.583. The zero-order valence-electron chi connectivity index (χ0n) is 10.2. The topological polar surface area (TPSA) is 48.1 Å². The number of likely N-dealkylation sites (tertiary alicyclic amines) is 1. The third-order valence-corrected chi connectivity index (χ3v) is 3.89. The van der Waals surface area contributed by atoms with Gasteiger partial charge in [-0.3, -0.25) is 4.79 Å². The van der Waals surface area contributed by atoms with Crippen LogP contribution in [-0.4, -0.2) is 41.5 Å². The lowest BCUT2D eigenvalue weighted by Crippen LogP contribution is -2.47. The Hall–Kier alpha value is -0.810. The molecule has 1 saturated heterocycles. The lowest BCUT2D eigenvalue weighted by atomic mass is 9.99. The number of amides is 1. The van der Waals surface area contributed by atoms with Gasteiger partial charge < -0.3 is 15.2 Å². The van der Waals surface area contributed by atoms with Crippen LogP contribution in [0.15, 0.2) is 16.7 Å². The lowest BCUT2D eigenvalue weighted by Gasteiger charge is -2.35. The molecule has 2 rings (SSSR count). The van der Waals surface area contributed by atoms with Crippen molar-refractivity contribution >= 4 is 21.8 Å². The Labute approximate surface area is 110 Å². The maximum Gasteiger partial charge on any atom is 0.267 e. The van der Waals surface area contributed by atoms with Gasteiger partial charge in [0.05, 0.1) is 0 Å². The highest BCUT2D eigenvalue weighted by Gasteiger charge is 2.24. The molecule has 2 atom stereocenters. The largest absolute Gasteiger partial charge is 0.356 e. The van der Waals surface area contributed by atoms with Gasteiger partial charge in [0.1, 0.15) is 5.69 Å². The molecule has 1 fully saturated rings. The van der Waals surface area contributed by atoms with Crippen molar-refractivity contribution in [2.45, 2.75) is 31.8 Å². The highest BCUT2D eigenvalue weighted by Crippen LogP contribution is 2.16. The van der Waals surface area contributed by atoms with Gasteiger partial charge in [0, 0.05) is 29.3 Å². The van der Waals surface area contributed by atoms with Crippen LogP contribution < -0.4 is 5.32 Å². The fourth-order valence-electron chi connectivity index (χ4n) is 2.18. The second-order valence-corrected chi connectivity index (χ2v) is 5.67. The monoisotopic (exact) mass is 299 g/mol. The summed E-state index contributed by atoms with van der Waals surface area (Å²) in [6.07, 6.45) is 3.81. The van der Waals surface area contributed by atoms with Gasteiger partial charge in [-0.2, -0.15) is 0 Å². The number of aromatic nitrogens is 1. The predicted molar refractivity (Wildman–Crippen MR) is 71.1 cm³/mol. The molecule has 4 nitrogen and oxygen atoms in total. The van der Waals surface area contributed by atoms with Gasteiger partial charge in [-0.05, 0) is 48.8 Å². The summed E-state index contributed by atoms with van der Waals surface area (Å²) < 4.78 is 0.902. The summed E-state index contributed by atoms with van der Waals surface area (Å²) in [5.41, 5.74) is 0.614. The van der Waals surface area contributed by atoms with Crippen LogP contribution in [-0.2, 0) is 0 Å². The van der Waals surface area contributed by atoms with Gasteiger partial charge in [0.15, 0.2) is 0 Å². The van der Waals surface area contributed by atoms with Gasteiger partial charge in [0.25, 0.3) is 5.91 Å². The van der Waals surface area contributed by atoms with Crippen LogP contribution >= 0.6 is 15.9 Å². The van der Waals surface area contributed by atoms with Crippen molar-refractivity contribution in [3.05, 3.63) is 22.4 Å². The molecule has 0 radical (unpaired) electrons. The summed E-state index contributed by atoms with van der Waals surface area (Å²) in [7, 11) is 2.13. The second-order valence-electron chi connectivity index (χ2n) is 4.76. The van der Waals surface area contributed by atoms with E-state index in [9.17, 15) is 4.79 Å². The molecule has 5 heteroatoms. The molecule has 0 spiro atoms. The Kier molecular flexibility index (Phi) is 3.89. The summed E-state index contributed by atoms with van der Waals surface area (Å²) in [5, 5.41) is 3.08. The van der Waals surface area contributed by atoms with E-state index in [-0.39, 0.29) is 11.9 Å². The molecule has 2 unspecified atom stereocenters. The molecule has 2 N–H and O–H groups in total. The number of hydrogen-bond acceptors (Lipinski definition) is 2. The predicted octanol–water partition coefficient (Wildman–Crippen LogP) is 1.99. The highest BCUT2D eigenvalue weighted by molar-refractivity contribution is 9.10. The number of carbonyl (C=O) groups is 1. The third-order valence-electron chi connectivity index (χ3n) is 3.44. The van der Waals surface area contributed by atoms with E-state index >= 15 is 0 Å². The van der Waals surface area contributed by atoms with E-state index in [0.717, 1.165) is 23.9 Å². The van der Waals surface area contributed by atoms with E-state index in [0.29, 0.717) is 11.7 Å². The Morgan fingerprint density at radius 1 is 1.65 bits per heavy atom. The lowest BCUT2D eigenvalue weighted by molar-refractivity contribution is 0.0892. The summed E-state index contributed by atoms with van der Waals surface area (Å²) in [6.45, 7) is 3.24. The zero-order chi connectivity index (χ0) is 12.4. The number of H-pyrrole nitrogens is 1. The van der Waals surface area contributed by atoms with E-state index in [1.807, 2.05) is 0 Å². The number of rotatable bonds is 2. The normalized spacial score (nSPS) is 25.8. The molecular weight excluding hydrogens is 282 g/mol. The second kappa shape index (κ2) is 5.23. The maximum absolute atomic E-state index is 11.9. The fourth-order valence-corrected chi connectivity index (χ4v) is 2.53. The van der Waals surface area contributed by atoms with Crippen LogP contribution in [0.1, 0.15) is 30.3 Å². The van der Waals surface area contributed by atoms with Gasteiger partial charge in [-0.1, -0.05) is 0 Å². The van der Waals surface area contributed by atoms with Crippen molar-refractivity contribution < 1.29 is 4.79 Å². The van der Waals surface area contributed by atoms with E-state index < -0.39 is 0 Å². The van der Waals surface area contributed by atoms with Crippen LogP contribution in [0.4, 0.5) is 0 Å². The van der Waals surface area contributed by atoms with Crippen molar-refractivity contribution in [2.75, 3.05) is 13.6 Å². The Bertz CT molecular complexity index is 404. The van der Waals surface area contributed by atoms with Crippen LogP contribution in [0.3, 0.4) is 0 Å². The minimum Gasteiger partial charge on any atom is -0.356 e. The molecule has 1 aliphatic heterocycles. The van der Waals surface area contributed by atoms with Crippen LogP contribution in [0.2, 0.25) is 0 Å². The van der Waals surface area contributed by atoms with Crippen molar-refractivity contribution in [3.63, 3.8) is 0 Å². The molecule has 1 amide bonds. The van der Waals surface area contributed by atoms with E-state index in [4.69, 9.17) is 0 Å². The van der Waals surface area contributed by atoms with E-state index in [1.165, 1.54) is 0 Å². The average Bonchev–Trinajstić information content (AvgIpc) is 2.70. The van der Waals surface area contributed by atoms with Crippen molar-refractivity contribution in [1.29, 1.82) is 0 Å². The minimum absolute atomic E-state index is 0.0162. The molecule has 17 heavy (non-hydrogen) atoms. The first-order chi connectivity index (χ1) is 8.06. The summed E-state index contributed by atoms with van der Waals surface area (Å²) >= 11 is 3.33. The number of hydrogen-bond donors (Lipinski definition) is 2. The Balaban J connectivity index is 1.91. The quantitative estimate of drug-likeness (QED) is 0.877. The first kappa shape index (κ1) is 12.6. The minimum atomic E-state index is -0.0162. The number of nitrogens with zero attached hydrogens (tertiary/aromatic N) is 1. The molecule has 0 aliphatic carbocycles. The van der Waals surface area contributed by atoms with Crippen molar-refractivity contribution in [1.82, 2.24) is 15.2 Å². The number of halogens is 1. The average molecular weight is 300 g/mol. The number of aromatic amines is 1. The van der Waals surface area contributed by atoms with Gasteiger partial charge >= 0.3 is 0 Å². The molecule has 2 heterocycles. The highest BCUT2D eigenvalue weighted by atomic mass is 79.9. The molecular formula is C12H18BrN3O. The van der Waals surface area contributed by atoms with Gasteiger partial charge in [0.2, 0.25) is 0 Å². The molecule has 0 bridgehead atoms. The maximum atomic E-state index is 11.9. The van der Waals surface area contributed by atoms with Crippen molar-refractivity contribution in [3.8, 4) is 0 Å².